The van der Waals surface area contributed by atoms with Crippen LogP contribution in [0.2, 0.25) is 5.02 Å². The number of hydrogen-bond acceptors (Lipinski definition) is 9. The minimum absolute atomic E-state index is 0.0522. The van der Waals surface area contributed by atoms with Gasteiger partial charge in [-0.05, 0) is 51.3 Å². The number of carbonyl (C=O) groups is 1. The number of benzene rings is 1. The lowest BCUT2D eigenvalue weighted by Gasteiger charge is -2.25. The van der Waals surface area contributed by atoms with Gasteiger partial charge >= 0.3 is 6.09 Å². The van der Waals surface area contributed by atoms with Crippen LogP contribution in [0.1, 0.15) is 51.0 Å². The lowest BCUT2D eigenvalue weighted by Crippen LogP contribution is -2.41. The van der Waals surface area contributed by atoms with Crippen LogP contribution in [0.3, 0.4) is 0 Å². The van der Waals surface area contributed by atoms with Gasteiger partial charge in [-0.15, -0.1) is 11.3 Å². The molecular formula is C24H28ClFN6O4S2. The highest BCUT2D eigenvalue weighted by atomic mass is 35.5. The first-order chi connectivity index (χ1) is 18.0. The van der Waals surface area contributed by atoms with Gasteiger partial charge in [-0.3, -0.25) is 10.1 Å². The number of aromatic nitrogens is 3. The molecule has 1 aliphatic carbocycles. The third kappa shape index (κ3) is 6.33. The Morgan fingerprint density at radius 1 is 1.32 bits per heavy atom. The fourth-order valence-electron chi connectivity index (χ4n) is 3.65. The molecule has 0 unspecified atom stereocenters. The molecule has 0 radical (unpaired) electrons. The van der Waals surface area contributed by atoms with Gasteiger partial charge in [0.25, 0.3) is 0 Å². The van der Waals surface area contributed by atoms with Gasteiger partial charge in [0.1, 0.15) is 0 Å². The van der Waals surface area contributed by atoms with Gasteiger partial charge < -0.3 is 4.74 Å². The Bertz CT molecular complexity index is 1450. The monoisotopic (exact) mass is 582 g/mol. The Labute approximate surface area is 229 Å². The highest BCUT2D eigenvalue weighted by molar-refractivity contribution is 7.92. The number of anilines is 2. The second kappa shape index (κ2) is 11.4. The first kappa shape index (κ1) is 28.0. The molecule has 0 spiro atoms. The van der Waals surface area contributed by atoms with E-state index in [-0.39, 0.29) is 39.9 Å². The number of nitrogens with one attached hydrogen (secondary N) is 2. The Balaban J connectivity index is 1.79. The number of carbonyl (C=O) groups excluding carboxylic acids is 1. The number of rotatable bonds is 10. The standard InChI is InChI=1S/C24H28ClFN6O4S2/c1-5-10-38(34,35)31-18-12-15(25)11-16(19(18)26)20-21(37-22(29-20)14-6-7-14)17-8-9-27-23(28-17)30-32(13(2)3)24(33)36-4/h8-9,11-14,31H,5-7,10H2,1-4H3,(H,27,28,30). The Morgan fingerprint density at radius 3 is 2.68 bits per heavy atom. The van der Waals surface area contributed by atoms with Gasteiger partial charge in [0, 0.05) is 22.7 Å². The third-order valence-corrected chi connectivity index (χ3v) is 8.53. The van der Waals surface area contributed by atoms with E-state index in [9.17, 15) is 13.2 Å². The molecule has 4 rings (SSSR count). The molecule has 10 nitrogen and oxygen atoms in total. The predicted octanol–water partition coefficient (Wildman–Crippen LogP) is 5.89. The fraction of sp³-hybridized carbons (Fsp3) is 0.417. The molecule has 0 bridgehead atoms. The summed E-state index contributed by atoms with van der Waals surface area (Å²) in [4.78, 5) is 26.2. The van der Waals surface area contributed by atoms with E-state index in [0.29, 0.717) is 22.7 Å². The molecule has 14 heteroatoms. The molecule has 2 N–H and O–H groups in total. The molecular weight excluding hydrogens is 555 g/mol. The summed E-state index contributed by atoms with van der Waals surface area (Å²) in [5, 5.41) is 2.22. The number of sulfonamides is 1. The molecule has 0 aliphatic heterocycles. The highest BCUT2D eigenvalue weighted by Crippen LogP contribution is 2.47. The first-order valence-electron chi connectivity index (χ1n) is 12.0. The molecule has 1 aliphatic rings. The molecule has 0 atom stereocenters. The van der Waals surface area contributed by atoms with Crippen LogP contribution < -0.4 is 10.1 Å². The van der Waals surface area contributed by atoms with E-state index in [1.54, 1.807) is 26.8 Å². The number of hydrazine groups is 1. The van der Waals surface area contributed by atoms with Gasteiger partial charge in [-0.1, -0.05) is 18.5 Å². The molecule has 2 aromatic heterocycles. The summed E-state index contributed by atoms with van der Waals surface area (Å²) in [7, 11) is -2.48. The minimum atomic E-state index is -3.75. The summed E-state index contributed by atoms with van der Waals surface area (Å²) >= 11 is 7.68. The normalized spacial score (nSPS) is 13.4. The number of hydrogen-bond donors (Lipinski definition) is 2. The molecule has 1 fully saturated rings. The average molecular weight is 583 g/mol. The van der Waals surface area contributed by atoms with Crippen molar-refractivity contribution in [3.8, 4) is 21.8 Å². The summed E-state index contributed by atoms with van der Waals surface area (Å²) in [6.45, 7) is 5.31. The van der Waals surface area contributed by atoms with Crippen molar-refractivity contribution in [1.82, 2.24) is 20.0 Å². The lowest BCUT2D eigenvalue weighted by atomic mass is 10.1. The molecule has 1 aromatic carbocycles. The summed E-state index contributed by atoms with van der Waals surface area (Å²) in [5.41, 5.74) is 3.41. The van der Waals surface area contributed by atoms with Crippen molar-refractivity contribution in [3.05, 3.63) is 40.2 Å². The maximum Gasteiger partial charge on any atom is 0.428 e. The van der Waals surface area contributed by atoms with Gasteiger partial charge in [-0.2, -0.15) is 0 Å². The lowest BCUT2D eigenvalue weighted by molar-refractivity contribution is 0.122. The van der Waals surface area contributed by atoms with Crippen LogP contribution in [0.25, 0.3) is 21.8 Å². The van der Waals surface area contributed by atoms with E-state index < -0.39 is 21.9 Å². The second-order valence-corrected chi connectivity index (χ2v) is 12.4. The Morgan fingerprint density at radius 2 is 2.05 bits per heavy atom. The maximum absolute atomic E-state index is 15.8. The summed E-state index contributed by atoms with van der Waals surface area (Å²) in [6, 6.07) is 4.05. The summed E-state index contributed by atoms with van der Waals surface area (Å²) < 4.78 is 47.6. The highest BCUT2D eigenvalue weighted by Gasteiger charge is 2.31. The first-order valence-corrected chi connectivity index (χ1v) is 14.9. The van der Waals surface area contributed by atoms with E-state index in [0.717, 1.165) is 17.8 Å². The zero-order chi connectivity index (χ0) is 27.6. The van der Waals surface area contributed by atoms with Crippen LogP contribution >= 0.6 is 22.9 Å². The van der Waals surface area contributed by atoms with Gasteiger partial charge in [0.05, 0.1) is 45.9 Å². The molecule has 2 heterocycles. The SMILES string of the molecule is CCCS(=O)(=O)Nc1cc(Cl)cc(-c2nc(C3CC3)sc2-c2ccnc(NN(C(=O)OC)C(C)C)n2)c1F. The van der Waals surface area contributed by atoms with Crippen LogP contribution in [0.5, 0.6) is 0 Å². The van der Waals surface area contributed by atoms with Crippen molar-refractivity contribution >= 4 is 50.7 Å². The van der Waals surface area contributed by atoms with Crippen molar-refractivity contribution in [1.29, 1.82) is 0 Å². The van der Waals surface area contributed by atoms with E-state index in [1.165, 1.54) is 41.8 Å². The largest absolute Gasteiger partial charge is 0.452 e. The third-order valence-electron chi connectivity index (χ3n) is 5.60. The molecule has 38 heavy (non-hydrogen) atoms. The van der Waals surface area contributed by atoms with Crippen molar-refractivity contribution in [2.75, 3.05) is 23.0 Å². The van der Waals surface area contributed by atoms with Crippen molar-refractivity contribution < 1.29 is 22.3 Å². The van der Waals surface area contributed by atoms with Gasteiger partial charge in [0.15, 0.2) is 5.82 Å². The topological polar surface area (TPSA) is 126 Å². The van der Waals surface area contributed by atoms with Crippen LogP contribution in [-0.4, -0.2) is 53.4 Å². The molecule has 0 saturated heterocycles. The number of ether oxygens (including phenoxy) is 1. The molecule has 204 valence electrons. The zero-order valence-corrected chi connectivity index (χ0v) is 23.7. The number of methoxy groups -OCH3 is 1. The smallest absolute Gasteiger partial charge is 0.428 e. The summed E-state index contributed by atoms with van der Waals surface area (Å²) in [5.74, 6) is -0.536. The van der Waals surface area contributed by atoms with Crippen molar-refractivity contribution in [2.24, 2.45) is 0 Å². The van der Waals surface area contributed by atoms with Gasteiger partial charge in [0.2, 0.25) is 16.0 Å². The van der Waals surface area contributed by atoms with Crippen LogP contribution in [0.4, 0.5) is 20.8 Å². The van der Waals surface area contributed by atoms with E-state index in [2.05, 4.69) is 20.1 Å². The van der Waals surface area contributed by atoms with Gasteiger partial charge in [-0.25, -0.2) is 37.6 Å². The quantitative estimate of drug-likeness (QED) is 0.283. The zero-order valence-electron chi connectivity index (χ0n) is 21.3. The Kier molecular flexibility index (Phi) is 8.38. The van der Waals surface area contributed by atoms with E-state index in [1.807, 2.05) is 0 Å². The number of nitrogens with zero attached hydrogens (tertiary/aromatic N) is 4. The van der Waals surface area contributed by atoms with Crippen LogP contribution in [-0.2, 0) is 14.8 Å². The number of amides is 1. The van der Waals surface area contributed by atoms with Crippen molar-refractivity contribution in [3.63, 3.8) is 0 Å². The van der Waals surface area contributed by atoms with Crippen LogP contribution in [0, 0.1) is 5.82 Å². The van der Waals surface area contributed by atoms with E-state index >= 15 is 4.39 Å². The molecule has 1 amide bonds. The van der Waals surface area contributed by atoms with E-state index in [4.69, 9.17) is 21.3 Å². The van der Waals surface area contributed by atoms with Crippen LogP contribution in [0.15, 0.2) is 24.4 Å². The minimum Gasteiger partial charge on any atom is -0.452 e. The van der Waals surface area contributed by atoms with Crippen molar-refractivity contribution in [2.45, 2.75) is 52.0 Å². The maximum atomic E-state index is 15.8. The number of thiazole rings is 1. The molecule has 3 aromatic rings. The Hall–Kier alpha value is -3.03. The summed E-state index contributed by atoms with van der Waals surface area (Å²) in [6.07, 6.45) is 3.23. The number of halogens is 2. The average Bonchev–Trinajstić information content (AvgIpc) is 3.62. The second-order valence-electron chi connectivity index (χ2n) is 9.05. The molecule has 1 saturated carbocycles. The predicted molar refractivity (Wildman–Crippen MR) is 146 cm³/mol. The fourth-order valence-corrected chi connectivity index (χ4v) is 6.21.